The van der Waals surface area contributed by atoms with Crippen LogP contribution < -0.4 is 10.1 Å². The van der Waals surface area contributed by atoms with Crippen LogP contribution in [0.2, 0.25) is 0 Å². The highest BCUT2D eigenvalue weighted by molar-refractivity contribution is 5.89. The number of hydrogen-bond acceptors (Lipinski definition) is 10. The molecule has 0 aliphatic carbocycles. The molecule has 0 spiro atoms. The van der Waals surface area contributed by atoms with Gasteiger partial charge in [-0.1, -0.05) is 49.0 Å². The number of carbonyl (C=O) groups excluding carboxylic acids is 1. The Balaban J connectivity index is 0. The summed E-state index contributed by atoms with van der Waals surface area (Å²) in [5.41, 5.74) is -0.0571. The van der Waals surface area contributed by atoms with Gasteiger partial charge in [-0.25, -0.2) is 4.79 Å². The third kappa shape index (κ3) is 17.9. The number of esters is 1. The van der Waals surface area contributed by atoms with E-state index in [-0.39, 0.29) is 48.6 Å². The minimum Gasteiger partial charge on any atom is -0.488 e. The van der Waals surface area contributed by atoms with Crippen LogP contribution in [0.5, 0.6) is 5.75 Å². The molecule has 5 unspecified atom stereocenters. The predicted octanol–water partition coefficient (Wildman–Crippen LogP) is 5.46. The summed E-state index contributed by atoms with van der Waals surface area (Å²) in [5, 5.41) is 50.9. The Kier molecular flexibility index (Phi) is 20.7. The van der Waals surface area contributed by atoms with E-state index < -0.39 is 30.6 Å². The molecular formula is C36H69NO9. The lowest BCUT2D eigenvalue weighted by molar-refractivity contribution is -0.250. The normalized spacial score (nSPS) is 21.9. The van der Waals surface area contributed by atoms with E-state index in [1.54, 1.807) is 24.3 Å². The van der Waals surface area contributed by atoms with Crippen molar-refractivity contribution in [2.45, 2.75) is 158 Å². The van der Waals surface area contributed by atoms with Gasteiger partial charge in [0, 0.05) is 11.0 Å². The first-order valence-corrected chi connectivity index (χ1v) is 16.2. The minimum atomic E-state index is -1.09. The second kappa shape index (κ2) is 20.5. The van der Waals surface area contributed by atoms with Gasteiger partial charge in [0.15, 0.2) is 6.29 Å². The van der Waals surface area contributed by atoms with E-state index in [1.807, 2.05) is 62.3 Å². The minimum absolute atomic E-state index is 0. The third-order valence-corrected chi connectivity index (χ3v) is 7.00. The van der Waals surface area contributed by atoms with Crippen LogP contribution in [0.3, 0.4) is 0 Å². The van der Waals surface area contributed by atoms with Gasteiger partial charge >= 0.3 is 5.97 Å². The number of benzene rings is 1. The number of nitrogens with one attached hydrogen (secondary N) is 1. The van der Waals surface area contributed by atoms with Gasteiger partial charge in [0.2, 0.25) is 0 Å². The average Bonchev–Trinajstić information content (AvgIpc) is 2.94. The molecule has 10 heteroatoms. The van der Waals surface area contributed by atoms with E-state index in [2.05, 4.69) is 26.1 Å². The first-order chi connectivity index (χ1) is 20.6. The van der Waals surface area contributed by atoms with Crippen LogP contribution in [0.1, 0.15) is 127 Å². The van der Waals surface area contributed by atoms with Crippen molar-refractivity contribution in [3.63, 3.8) is 0 Å². The topological polar surface area (TPSA) is 158 Å². The molecule has 0 aromatic heterocycles. The highest BCUT2D eigenvalue weighted by Crippen LogP contribution is 2.35. The highest BCUT2D eigenvalue weighted by Gasteiger charge is 2.44. The predicted molar refractivity (Wildman–Crippen MR) is 185 cm³/mol. The van der Waals surface area contributed by atoms with Crippen LogP contribution in [0.15, 0.2) is 24.3 Å². The molecule has 0 saturated carbocycles. The van der Waals surface area contributed by atoms with E-state index in [0.717, 1.165) is 25.0 Å². The average molecular weight is 660 g/mol. The molecule has 0 amide bonds. The SMILES string of the molecule is C.CCC(CO)(CO)CC(C)(C)C.CCC1OC(O)C(NC(C)(C)C)C(O)C1O.CCCOC(=O)c1ccc(OC(C)(C)C)cc1. The van der Waals surface area contributed by atoms with Gasteiger partial charge in [0.25, 0.3) is 0 Å². The Labute approximate surface area is 279 Å². The second-order valence-electron chi connectivity index (χ2n) is 15.2. The molecule has 1 aliphatic heterocycles. The first kappa shape index (κ1) is 46.3. The largest absolute Gasteiger partial charge is 0.488 e. The summed E-state index contributed by atoms with van der Waals surface area (Å²) in [6, 6.07) is 6.34. The van der Waals surface area contributed by atoms with E-state index in [4.69, 9.17) is 14.2 Å². The lowest BCUT2D eigenvalue weighted by Gasteiger charge is -2.43. The number of ether oxygens (including phenoxy) is 3. The van der Waals surface area contributed by atoms with Gasteiger partial charge < -0.3 is 45.1 Å². The zero-order chi connectivity index (χ0) is 35.2. The van der Waals surface area contributed by atoms with Gasteiger partial charge in [-0.15, -0.1) is 0 Å². The molecule has 1 aromatic carbocycles. The van der Waals surface area contributed by atoms with E-state index in [9.17, 15) is 30.3 Å². The van der Waals surface area contributed by atoms with Gasteiger partial charge in [0.05, 0.1) is 37.5 Å². The summed E-state index contributed by atoms with van der Waals surface area (Å²) in [6.07, 6.45) is -0.512. The molecule has 1 fully saturated rings. The summed E-state index contributed by atoms with van der Waals surface area (Å²) in [4.78, 5) is 11.5. The van der Waals surface area contributed by atoms with Crippen LogP contribution >= 0.6 is 0 Å². The smallest absolute Gasteiger partial charge is 0.338 e. The van der Waals surface area contributed by atoms with Gasteiger partial charge in [-0.2, -0.15) is 0 Å². The lowest BCUT2D eigenvalue weighted by atomic mass is 9.73. The Bertz CT molecular complexity index is 936. The maximum atomic E-state index is 11.5. The fourth-order valence-corrected chi connectivity index (χ4v) is 4.87. The molecule has 2 rings (SSSR count). The Hall–Kier alpha value is -1.79. The first-order valence-electron chi connectivity index (χ1n) is 16.2. The van der Waals surface area contributed by atoms with Crippen LogP contribution in [0.4, 0.5) is 0 Å². The molecular weight excluding hydrogens is 590 g/mol. The fraction of sp³-hybridized carbons (Fsp3) is 0.806. The van der Waals surface area contributed by atoms with Crippen molar-refractivity contribution in [3.05, 3.63) is 29.8 Å². The van der Waals surface area contributed by atoms with Crippen molar-refractivity contribution < 1.29 is 44.5 Å². The number of hydrogen-bond donors (Lipinski definition) is 6. The third-order valence-electron chi connectivity index (χ3n) is 7.00. The number of aliphatic hydroxyl groups excluding tert-OH is 5. The quantitative estimate of drug-likeness (QED) is 0.178. The van der Waals surface area contributed by atoms with Crippen molar-refractivity contribution >= 4 is 5.97 Å². The zero-order valence-corrected chi connectivity index (χ0v) is 30.0. The Morgan fingerprint density at radius 2 is 1.39 bits per heavy atom. The molecule has 6 N–H and O–H groups in total. The number of aliphatic hydroxyl groups is 5. The van der Waals surface area contributed by atoms with Gasteiger partial charge in [-0.05, 0) is 96.9 Å². The maximum Gasteiger partial charge on any atom is 0.338 e. The number of rotatable bonds is 10. The monoisotopic (exact) mass is 659 g/mol. The van der Waals surface area contributed by atoms with Crippen molar-refractivity contribution in [1.82, 2.24) is 5.32 Å². The van der Waals surface area contributed by atoms with Crippen molar-refractivity contribution in [1.29, 1.82) is 0 Å². The molecule has 1 aliphatic rings. The fourth-order valence-electron chi connectivity index (χ4n) is 4.87. The van der Waals surface area contributed by atoms with Crippen LogP contribution in [-0.4, -0.2) is 93.1 Å². The Morgan fingerprint density at radius 3 is 1.74 bits per heavy atom. The van der Waals surface area contributed by atoms with Crippen molar-refractivity contribution in [2.24, 2.45) is 10.8 Å². The summed E-state index contributed by atoms with van der Waals surface area (Å²) in [6.45, 7) is 24.5. The van der Waals surface area contributed by atoms with Crippen molar-refractivity contribution in [2.75, 3.05) is 19.8 Å². The van der Waals surface area contributed by atoms with Gasteiger partial charge in [0.1, 0.15) is 23.6 Å². The van der Waals surface area contributed by atoms with Crippen LogP contribution in [0.25, 0.3) is 0 Å². The summed E-state index contributed by atoms with van der Waals surface area (Å²) in [7, 11) is 0. The number of carbonyl (C=O) groups is 1. The molecule has 46 heavy (non-hydrogen) atoms. The molecule has 0 radical (unpaired) electrons. The van der Waals surface area contributed by atoms with Gasteiger partial charge in [-0.3, -0.25) is 0 Å². The second-order valence-corrected chi connectivity index (χ2v) is 15.2. The van der Waals surface area contributed by atoms with Crippen molar-refractivity contribution in [3.8, 4) is 5.75 Å². The molecule has 1 heterocycles. The lowest BCUT2D eigenvalue weighted by Crippen LogP contribution is -2.65. The summed E-state index contributed by atoms with van der Waals surface area (Å²) < 4.78 is 16.0. The van der Waals surface area contributed by atoms with Crippen LogP contribution in [-0.2, 0) is 9.47 Å². The molecule has 1 aromatic rings. The maximum absolute atomic E-state index is 11.5. The molecule has 1 saturated heterocycles. The van der Waals surface area contributed by atoms with E-state index >= 15 is 0 Å². The van der Waals surface area contributed by atoms with Crippen LogP contribution in [0, 0.1) is 10.8 Å². The zero-order valence-electron chi connectivity index (χ0n) is 30.0. The van der Waals surface area contributed by atoms with E-state index in [1.165, 1.54) is 0 Å². The summed E-state index contributed by atoms with van der Waals surface area (Å²) >= 11 is 0. The standard InChI is InChI=1S/C14H20O3.C11H23NO4.C10H22O2.CH4/c1-5-10-16-13(15)11-6-8-12(9-7-11)17-14(2,3)4;1-5-6-8(13)9(14)7(10(15)16-6)12-11(2,3)4;1-5-10(7-11,8-12)6-9(2,3)4;/h6-9H,5,10H2,1-4H3;6-10,12-15H,5H2,1-4H3;11-12H,5-8H2,1-4H3;1H4. The molecule has 5 atom stereocenters. The molecule has 272 valence electrons. The highest BCUT2D eigenvalue weighted by atomic mass is 16.6. The Morgan fingerprint density at radius 1 is 0.870 bits per heavy atom. The summed E-state index contributed by atoms with van der Waals surface area (Å²) in [5.74, 6) is 0.471. The molecule has 0 bridgehead atoms. The van der Waals surface area contributed by atoms with E-state index in [0.29, 0.717) is 18.6 Å². The molecule has 10 nitrogen and oxygen atoms in total.